The summed E-state index contributed by atoms with van der Waals surface area (Å²) < 4.78 is 21.9. The minimum Gasteiger partial charge on any atom is -0.472 e. The Hall–Kier alpha value is -2.41. The summed E-state index contributed by atoms with van der Waals surface area (Å²) >= 11 is 0. The van der Waals surface area contributed by atoms with Crippen LogP contribution in [0.2, 0.25) is 0 Å². The van der Waals surface area contributed by atoms with Gasteiger partial charge in [0.05, 0.1) is 38.1 Å². The topological polar surface area (TPSA) is 92.0 Å². The van der Waals surface area contributed by atoms with Gasteiger partial charge in [0, 0.05) is 11.5 Å². The molecule has 7 heteroatoms. The summed E-state index contributed by atoms with van der Waals surface area (Å²) in [7, 11) is 1.37. The number of ether oxygens (including phenoxy) is 3. The van der Waals surface area contributed by atoms with Crippen LogP contribution in [0.15, 0.2) is 35.7 Å². The number of Topliss-reactive ketones (excluding diaryl/α,β-unsaturated/α-hetero) is 1. The first-order valence-electron chi connectivity index (χ1n) is 10.8. The Morgan fingerprint density at radius 1 is 1.32 bits per heavy atom. The van der Waals surface area contributed by atoms with Gasteiger partial charge in [0.1, 0.15) is 12.2 Å². The molecule has 4 rings (SSSR count). The highest BCUT2D eigenvalue weighted by molar-refractivity contribution is 5.92. The maximum absolute atomic E-state index is 13.8. The summed E-state index contributed by atoms with van der Waals surface area (Å²) in [6.07, 6.45) is 5.38. The highest BCUT2D eigenvalue weighted by Gasteiger charge is 2.67. The average molecular weight is 430 g/mol. The minimum atomic E-state index is -0.735. The number of fused-ring (bicyclic) bond motifs is 3. The van der Waals surface area contributed by atoms with Gasteiger partial charge in [-0.3, -0.25) is 14.4 Å². The molecule has 31 heavy (non-hydrogen) atoms. The molecule has 7 nitrogen and oxygen atoms in total. The van der Waals surface area contributed by atoms with Crippen LogP contribution in [-0.2, 0) is 28.6 Å². The fourth-order valence-electron chi connectivity index (χ4n) is 6.49. The first kappa shape index (κ1) is 21.8. The fraction of sp³-hybridized carbons (Fsp3) is 0.625. The molecule has 7 atom stereocenters. The molecule has 0 spiro atoms. The lowest BCUT2D eigenvalue weighted by Gasteiger charge is -2.61. The first-order valence-corrected chi connectivity index (χ1v) is 10.8. The zero-order valence-corrected chi connectivity index (χ0v) is 18.3. The van der Waals surface area contributed by atoms with Crippen molar-refractivity contribution >= 4 is 17.7 Å². The molecular formula is C24H30O7. The predicted molar refractivity (Wildman–Crippen MR) is 110 cm³/mol. The Kier molecular flexibility index (Phi) is 5.58. The summed E-state index contributed by atoms with van der Waals surface area (Å²) in [5, 5.41) is 0. The van der Waals surface area contributed by atoms with Gasteiger partial charge in [0.15, 0.2) is 5.78 Å². The number of carbonyl (C=O) groups excluding carboxylic acids is 3. The van der Waals surface area contributed by atoms with Crippen LogP contribution >= 0.6 is 0 Å². The van der Waals surface area contributed by atoms with E-state index in [0.717, 1.165) is 5.56 Å². The number of ketones is 1. The molecular weight excluding hydrogens is 400 g/mol. The van der Waals surface area contributed by atoms with E-state index in [2.05, 4.69) is 6.58 Å². The molecule has 0 unspecified atom stereocenters. The van der Waals surface area contributed by atoms with Crippen molar-refractivity contribution in [1.29, 1.82) is 0 Å². The van der Waals surface area contributed by atoms with E-state index in [1.165, 1.54) is 7.11 Å². The van der Waals surface area contributed by atoms with Crippen LogP contribution in [0.5, 0.6) is 0 Å². The largest absolute Gasteiger partial charge is 0.472 e. The molecule has 2 saturated carbocycles. The third kappa shape index (κ3) is 3.34. The molecule has 0 aromatic carbocycles. The van der Waals surface area contributed by atoms with Crippen molar-refractivity contribution in [2.75, 3.05) is 13.7 Å². The number of rotatable bonds is 5. The van der Waals surface area contributed by atoms with Crippen LogP contribution in [0, 0.1) is 28.6 Å². The van der Waals surface area contributed by atoms with Gasteiger partial charge in [0.2, 0.25) is 0 Å². The second-order valence-electron chi connectivity index (χ2n) is 9.55. The van der Waals surface area contributed by atoms with Crippen molar-refractivity contribution in [3.63, 3.8) is 0 Å². The number of furan rings is 1. The molecule has 1 aromatic rings. The summed E-state index contributed by atoms with van der Waals surface area (Å²) in [4.78, 5) is 39.7. The molecule has 3 aliphatic rings. The molecule has 1 aliphatic heterocycles. The highest BCUT2D eigenvalue weighted by atomic mass is 16.5. The fourth-order valence-corrected chi connectivity index (χ4v) is 6.49. The van der Waals surface area contributed by atoms with E-state index >= 15 is 0 Å². The van der Waals surface area contributed by atoms with Crippen LogP contribution in [0.1, 0.15) is 51.2 Å². The summed E-state index contributed by atoms with van der Waals surface area (Å²) in [5.41, 5.74) is -0.529. The smallest absolute Gasteiger partial charge is 0.310 e. The Balaban J connectivity index is 1.78. The van der Waals surface area contributed by atoms with Crippen LogP contribution in [0.3, 0.4) is 0 Å². The monoisotopic (exact) mass is 430 g/mol. The minimum absolute atomic E-state index is 0.0441. The summed E-state index contributed by atoms with van der Waals surface area (Å²) in [6, 6.07) is 1.78. The van der Waals surface area contributed by atoms with E-state index in [0.29, 0.717) is 19.3 Å². The number of hydrogen-bond acceptors (Lipinski definition) is 7. The molecule has 2 heterocycles. The van der Waals surface area contributed by atoms with Crippen molar-refractivity contribution in [1.82, 2.24) is 0 Å². The maximum Gasteiger partial charge on any atom is 0.310 e. The standard InChI is InChI=1S/C24H30O7/c1-5-9-30-17-11-16(21(26)28-4)23(2)8-6-15-22(27)31-18(14-7-10-29-13-14)12-24(15,3)20(23)19(17)25/h5,7,10,13,15-18,20H,1,6,8-9,11-12H2,2-4H3/t15-,16-,17-,18+,20-,23-,24-/m0/s1. The van der Waals surface area contributed by atoms with Crippen molar-refractivity contribution in [2.24, 2.45) is 28.6 Å². The second kappa shape index (κ2) is 7.93. The van der Waals surface area contributed by atoms with E-state index < -0.39 is 40.8 Å². The van der Waals surface area contributed by atoms with E-state index in [1.807, 2.05) is 13.8 Å². The van der Waals surface area contributed by atoms with Gasteiger partial charge in [-0.2, -0.15) is 0 Å². The average Bonchev–Trinajstić information content (AvgIpc) is 3.26. The molecule has 1 saturated heterocycles. The quantitative estimate of drug-likeness (QED) is 0.520. The predicted octanol–water partition coefficient (Wildman–Crippen LogP) is 3.64. The van der Waals surface area contributed by atoms with Gasteiger partial charge in [0.25, 0.3) is 0 Å². The van der Waals surface area contributed by atoms with Crippen molar-refractivity contribution in [3.8, 4) is 0 Å². The number of methoxy groups -OCH3 is 1. The van der Waals surface area contributed by atoms with Gasteiger partial charge in [-0.1, -0.05) is 19.9 Å². The van der Waals surface area contributed by atoms with E-state index in [9.17, 15) is 14.4 Å². The number of cyclic esters (lactones) is 1. The van der Waals surface area contributed by atoms with E-state index in [1.54, 1.807) is 24.7 Å². The molecule has 1 aromatic heterocycles. The molecule has 0 amide bonds. The van der Waals surface area contributed by atoms with Crippen LogP contribution in [0.25, 0.3) is 0 Å². The zero-order valence-electron chi connectivity index (χ0n) is 18.3. The van der Waals surface area contributed by atoms with Crippen molar-refractivity contribution in [3.05, 3.63) is 36.8 Å². The van der Waals surface area contributed by atoms with Gasteiger partial charge in [-0.15, -0.1) is 6.58 Å². The Morgan fingerprint density at radius 3 is 2.74 bits per heavy atom. The Bertz CT molecular complexity index is 874. The van der Waals surface area contributed by atoms with E-state index in [-0.39, 0.29) is 30.7 Å². The second-order valence-corrected chi connectivity index (χ2v) is 9.55. The SMILES string of the molecule is C=CCO[C@H]1C[C@@H](C(=O)OC)[C@]2(C)CC[C@H]3C(=O)O[C@@H](c4ccoc4)C[C@]3(C)[C@H]2C1=O. The van der Waals surface area contributed by atoms with Gasteiger partial charge in [-0.25, -0.2) is 0 Å². The number of hydrogen-bond donors (Lipinski definition) is 0. The third-order valence-corrected chi connectivity index (χ3v) is 7.92. The third-order valence-electron chi connectivity index (χ3n) is 7.92. The highest BCUT2D eigenvalue weighted by Crippen LogP contribution is 2.65. The lowest BCUT2D eigenvalue weighted by molar-refractivity contribution is -0.209. The van der Waals surface area contributed by atoms with Gasteiger partial charge in [-0.05, 0) is 42.6 Å². The van der Waals surface area contributed by atoms with Crippen molar-refractivity contribution < 1.29 is 33.0 Å². The van der Waals surface area contributed by atoms with Gasteiger partial charge >= 0.3 is 11.9 Å². The molecule has 0 radical (unpaired) electrons. The first-order chi connectivity index (χ1) is 14.8. The zero-order chi connectivity index (χ0) is 22.4. The normalized spacial score (nSPS) is 39.8. The van der Waals surface area contributed by atoms with Crippen LogP contribution in [0.4, 0.5) is 0 Å². The summed E-state index contributed by atoms with van der Waals surface area (Å²) in [6.45, 7) is 7.87. The molecule has 3 fully saturated rings. The maximum atomic E-state index is 13.8. The molecule has 0 bridgehead atoms. The Morgan fingerprint density at radius 2 is 2.10 bits per heavy atom. The molecule has 0 N–H and O–H groups in total. The Labute approximate surface area is 182 Å². The van der Waals surface area contributed by atoms with Gasteiger partial charge < -0.3 is 18.6 Å². The molecule has 2 aliphatic carbocycles. The summed E-state index contributed by atoms with van der Waals surface area (Å²) in [5.74, 6) is -2.10. The van der Waals surface area contributed by atoms with E-state index in [4.69, 9.17) is 18.6 Å². The van der Waals surface area contributed by atoms with Crippen molar-refractivity contribution in [2.45, 2.75) is 51.7 Å². The number of esters is 2. The number of carbonyl (C=O) groups is 3. The lowest BCUT2D eigenvalue weighted by Crippen LogP contribution is -2.64. The molecule has 168 valence electrons. The van der Waals surface area contributed by atoms with Crippen LogP contribution < -0.4 is 0 Å². The van der Waals surface area contributed by atoms with Crippen LogP contribution in [-0.4, -0.2) is 37.5 Å². The lowest BCUT2D eigenvalue weighted by atomic mass is 9.43.